The summed E-state index contributed by atoms with van der Waals surface area (Å²) in [5, 5.41) is 3.03. The zero-order valence-corrected chi connectivity index (χ0v) is 20.0. The van der Waals surface area contributed by atoms with Gasteiger partial charge in [0.25, 0.3) is 5.56 Å². The van der Waals surface area contributed by atoms with E-state index in [1.54, 1.807) is 20.8 Å². The number of benzene rings is 1. The number of carbonyl (C=O) groups excluding carboxylic acids is 2. The summed E-state index contributed by atoms with van der Waals surface area (Å²) < 4.78 is 16.0. The van der Waals surface area contributed by atoms with Gasteiger partial charge >= 0.3 is 0 Å². The maximum absolute atomic E-state index is 14.2. The van der Waals surface area contributed by atoms with E-state index >= 15 is 0 Å². The molecular weight excluding hydrogens is 439 g/mol. The Morgan fingerprint density at radius 2 is 2.00 bits per heavy atom. The molecule has 2 aromatic rings. The van der Waals surface area contributed by atoms with Crippen molar-refractivity contribution in [3.63, 3.8) is 0 Å². The lowest BCUT2D eigenvalue weighted by Crippen LogP contribution is -2.41. The Bertz CT molecular complexity index is 1120. The molecule has 0 radical (unpaired) electrons. The molecule has 168 valence electrons. The van der Waals surface area contributed by atoms with Crippen LogP contribution in [0.25, 0.3) is 12.2 Å². The topological polar surface area (TPSA) is 68.2 Å². The zero-order chi connectivity index (χ0) is 23.3. The van der Waals surface area contributed by atoms with Crippen LogP contribution in [0.2, 0.25) is 5.02 Å². The molecule has 0 saturated carbocycles. The largest absolute Gasteiger partial charge is 0.352 e. The van der Waals surface area contributed by atoms with E-state index < -0.39 is 16.8 Å². The lowest BCUT2D eigenvalue weighted by molar-refractivity contribution is -0.122. The highest BCUT2D eigenvalue weighted by atomic mass is 35.5. The second-order valence-electron chi connectivity index (χ2n) is 8.49. The van der Waals surface area contributed by atoms with Gasteiger partial charge in [0.15, 0.2) is 5.78 Å². The van der Waals surface area contributed by atoms with Gasteiger partial charge in [-0.25, -0.2) is 4.39 Å². The fraction of sp³-hybridized carbons (Fsp3) is 0.435. The van der Waals surface area contributed by atoms with E-state index in [4.69, 9.17) is 11.6 Å². The Morgan fingerprint density at radius 3 is 2.58 bits per heavy atom. The van der Waals surface area contributed by atoms with Gasteiger partial charge in [0.05, 0.1) is 9.55 Å². The highest BCUT2D eigenvalue weighted by Crippen LogP contribution is 2.19. The predicted molar refractivity (Wildman–Crippen MR) is 124 cm³/mol. The first-order chi connectivity index (χ1) is 14.4. The maximum atomic E-state index is 14.2. The molecule has 2 rings (SSSR count). The third-order valence-electron chi connectivity index (χ3n) is 4.64. The maximum Gasteiger partial charge on any atom is 0.269 e. The van der Waals surface area contributed by atoms with E-state index in [0.717, 1.165) is 24.2 Å². The number of nitrogens with zero attached hydrogens (tertiary/aromatic N) is 1. The van der Waals surface area contributed by atoms with E-state index in [9.17, 15) is 18.8 Å². The summed E-state index contributed by atoms with van der Waals surface area (Å²) in [4.78, 5) is 38.1. The number of Topliss-reactive ketones (excluding diaryl/α,β-unsaturated/α-hetero) is 1. The van der Waals surface area contributed by atoms with Gasteiger partial charge in [-0.05, 0) is 31.6 Å². The number of nitrogens with one attached hydrogen (secondary N) is 1. The van der Waals surface area contributed by atoms with Crippen LogP contribution in [0.5, 0.6) is 0 Å². The van der Waals surface area contributed by atoms with E-state index in [2.05, 4.69) is 5.32 Å². The van der Waals surface area contributed by atoms with Crippen molar-refractivity contribution in [2.24, 2.45) is 5.41 Å². The van der Waals surface area contributed by atoms with Crippen molar-refractivity contribution in [3.05, 3.63) is 54.2 Å². The van der Waals surface area contributed by atoms with Crippen LogP contribution < -0.4 is 20.1 Å². The van der Waals surface area contributed by atoms with Crippen molar-refractivity contribution in [3.8, 4) is 0 Å². The number of rotatable bonds is 7. The lowest BCUT2D eigenvalue weighted by Gasteiger charge is -2.14. The van der Waals surface area contributed by atoms with Crippen LogP contribution in [0.3, 0.4) is 0 Å². The Labute approximate surface area is 190 Å². The SMILES string of the molecule is CCCC(C)NC(=O)Cn1c(=O)/c(=C/c2c(F)cccc2Cl)s/c1=C/C(=O)C(C)(C)C. The Balaban J connectivity index is 2.61. The normalized spacial score (nSPS) is 14.0. The molecule has 1 aromatic heterocycles. The van der Waals surface area contributed by atoms with Gasteiger partial charge in [-0.1, -0.05) is 51.8 Å². The molecule has 0 fully saturated rings. The zero-order valence-electron chi connectivity index (χ0n) is 18.4. The van der Waals surface area contributed by atoms with E-state index in [-0.39, 0.29) is 39.4 Å². The van der Waals surface area contributed by atoms with E-state index in [0.29, 0.717) is 4.66 Å². The smallest absolute Gasteiger partial charge is 0.269 e. The number of hydrogen-bond acceptors (Lipinski definition) is 4. The number of thiazole rings is 1. The number of carbonyl (C=O) groups is 2. The molecule has 1 atom stereocenters. The molecule has 0 saturated heterocycles. The minimum atomic E-state index is -0.651. The highest BCUT2D eigenvalue weighted by molar-refractivity contribution is 7.07. The van der Waals surface area contributed by atoms with Gasteiger partial charge in [0.1, 0.15) is 17.0 Å². The molecule has 0 spiro atoms. The van der Waals surface area contributed by atoms with Crippen LogP contribution in [-0.2, 0) is 16.1 Å². The Kier molecular flexibility index (Phi) is 8.37. The standard InChI is InChI=1S/C23H28ClFN2O3S/c1-6-8-14(2)26-20(29)13-27-21(12-19(28)23(3,4)5)31-18(22(27)30)11-15-16(24)9-7-10-17(15)25/h7,9-12,14H,6,8,13H2,1-5H3,(H,26,29)/b18-11-,21-12+. The van der Waals surface area contributed by atoms with Gasteiger partial charge in [0, 0.05) is 23.1 Å². The fourth-order valence-electron chi connectivity index (χ4n) is 2.87. The van der Waals surface area contributed by atoms with Gasteiger partial charge < -0.3 is 5.32 Å². The summed E-state index contributed by atoms with van der Waals surface area (Å²) in [6.07, 6.45) is 4.46. The number of ketones is 1. The molecule has 1 amide bonds. The minimum absolute atomic E-state index is 0.0290. The summed E-state index contributed by atoms with van der Waals surface area (Å²) in [5.41, 5.74) is -1.04. The molecule has 0 bridgehead atoms. The molecule has 0 aliphatic heterocycles. The Hall–Kier alpha value is -2.25. The fourth-order valence-corrected chi connectivity index (χ4v) is 4.11. The van der Waals surface area contributed by atoms with Crippen molar-refractivity contribution in [2.75, 3.05) is 0 Å². The molecule has 31 heavy (non-hydrogen) atoms. The molecule has 5 nitrogen and oxygen atoms in total. The first kappa shape index (κ1) is 25.0. The third-order valence-corrected chi connectivity index (χ3v) is 6.03. The lowest BCUT2D eigenvalue weighted by atomic mass is 9.91. The average molecular weight is 467 g/mol. The van der Waals surface area contributed by atoms with Crippen molar-refractivity contribution < 1.29 is 14.0 Å². The molecule has 0 aliphatic rings. The molecule has 1 heterocycles. The predicted octanol–water partition coefficient (Wildman–Crippen LogP) is 3.23. The molecule has 0 aliphatic carbocycles. The van der Waals surface area contributed by atoms with Crippen molar-refractivity contribution in [1.82, 2.24) is 9.88 Å². The molecule has 1 N–H and O–H groups in total. The van der Waals surface area contributed by atoms with Crippen molar-refractivity contribution in [2.45, 2.75) is 60.0 Å². The van der Waals surface area contributed by atoms with Crippen LogP contribution in [0, 0.1) is 11.2 Å². The minimum Gasteiger partial charge on any atom is -0.352 e. The van der Waals surface area contributed by atoms with Crippen molar-refractivity contribution >= 4 is 46.8 Å². The van der Waals surface area contributed by atoms with Crippen LogP contribution in [0.1, 0.15) is 53.0 Å². The number of aromatic nitrogens is 1. The molecule has 1 aromatic carbocycles. The number of halogens is 2. The number of amides is 1. The van der Waals surface area contributed by atoms with E-state index in [1.165, 1.54) is 34.9 Å². The van der Waals surface area contributed by atoms with Gasteiger partial charge in [0.2, 0.25) is 5.91 Å². The highest BCUT2D eigenvalue weighted by Gasteiger charge is 2.20. The summed E-state index contributed by atoms with van der Waals surface area (Å²) in [7, 11) is 0. The van der Waals surface area contributed by atoms with E-state index in [1.807, 2.05) is 13.8 Å². The Morgan fingerprint density at radius 1 is 1.32 bits per heavy atom. The second kappa shape index (κ2) is 10.4. The number of hydrogen-bond donors (Lipinski definition) is 1. The monoisotopic (exact) mass is 466 g/mol. The molecule has 1 unspecified atom stereocenters. The summed E-state index contributed by atoms with van der Waals surface area (Å²) in [5.74, 6) is -1.07. The van der Waals surface area contributed by atoms with Crippen molar-refractivity contribution in [1.29, 1.82) is 0 Å². The van der Waals surface area contributed by atoms with Gasteiger partial charge in [-0.2, -0.15) is 0 Å². The van der Waals surface area contributed by atoms with Gasteiger partial charge in [-0.3, -0.25) is 19.0 Å². The summed E-state index contributed by atoms with van der Waals surface area (Å²) in [6.45, 7) is 9.00. The summed E-state index contributed by atoms with van der Waals surface area (Å²) >= 11 is 7.12. The van der Waals surface area contributed by atoms with Crippen LogP contribution >= 0.6 is 22.9 Å². The quantitative estimate of drug-likeness (QED) is 0.681. The third kappa shape index (κ3) is 6.61. The van der Waals surface area contributed by atoms with Crippen LogP contribution in [0.4, 0.5) is 4.39 Å². The first-order valence-electron chi connectivity index (χ1n) is 10.1. The second-order valence-corrected chi connectivity index (χ2v) is 9.96. The molecular formula is C23H28ClFN2O3S. The average Bonchev–Trinajstić information content (AvgIpc) is 2.93. The van der Waals surface area contributed by atoms with Crippen LogP contribution in [0.15, 0.2) is 23.0 Å². The molecule has 8 heteroatoms. The summed E-state index contributed by atoms with van der Waals surface area (Å²) in [6, 6.07) is 4.23. The first-order valence-corrected chi connectivity index (χ1v) is 11.3. The van der Waals surface area contributed by atoms with Gasteiger partial charge in [-0.15, -0.1) is 11.3 Å². The van der Waals surface area contributed by atoms with Crippen LogP contribution in [-0.4, -0.2) is 22.3 Å².